The van der Waals surface area contributed by atoms with Gasteiger partial charge in [0.1, 0.15) is 17.3 Å². The molecule has 0 bridgehead atoms. The Kier molecular flexibility index (Phi) is 5.95. The molecule has 4 aromatic rings. The van der Waals surface area contributed by atoms with Crippen LogP contribution in [0.2, 0.25) is 0 Å². The molecule has 2 fully saturated rings. The Balaban J connectivity index is 1.67. The smallest absolute Gasteiger partial charge is 0.167 e. The Bertz CT molecular complexity index is 1970. The number of hydrogen-bond donors (Lipinski definition) is 2. The highest BCUT2D eigenvalue weighted by molar-refractivity contribution is 6.21. The van der Waals surface area contributed by atoms with Gasteiger partial charge in [-0.05, 0) is 118 Å². The number of benzene rings is 4. The highest BCUT2D eigenvalue weighted by Crippen LogP contribution is 2.59. The first-order valence-electron chi connectivity index (χ1n) is 16.3. The molecule has 0 amide bonds. The second kappa shape index (κ2) is 9.50. The van der Waals surface area contributed by atoms with Gasteiger partial charge in [0.2, 0.25) is 0 Å². The summed E-state index contributed by atoms with van der Waals surface area (Å²) in [4.78, 5) is 41.8. The Morgan fingerprint density at radius 1 is 0.682 bits per heavy atom. The van der Waals surface area contributed by atoms with Gasteiger partial charge in [-0.3, -0.25) is 14.4 Å². The summed E-state index contributed by atoms with van der Waals surface area (Å²) in [6.45, 7) is 7.81. The van der Waals surface area contributed by atoms with Gasteiger partial charge in [0.25, 0.3) is 0 Å². The predicted octanol–water partition coefficient (Wildman–Crippen LogP) is 9.05. The monoisotopic (exact) mass is 586 g/mol. The third-order valence-electron chi connectivity index (χ3n) is 11.2. The summed E-state index contributed by atoms with van der Waals surface area (Å²) in [5, 5.41) is 25.9. The van der Waals surface area contributed by atoms with Crippen LogP contribution in [-0.4, -0.2) is 27.6 Å². The van der Waals surface area contributed by atoms with Crippen molar-refractivity contribution in [3.05, 3.63) is 69.8 Å². The molecule has 8 rings (SSSR count). The number of phenolic OH excluding ortho intramolecular Hbond substituents is 2. The van der Waals surface area contributed by atoms with Crippen molar-refractivity contribution in [1.82, 2.24) is 0 Å². The van der Waals surface area contributed by atoms with Gasteiger partial charge in [0, 0.05) is 24.3 Å². The first-order chi connectivity index (χ1) is 21.1. The molecule has 4 aromatic carbocycles. The lowest BCUT2D eigenvalue weighted by Crippen LogP contribution is -2.30. The molecule has 0 radical (unpaired) electrons. The molecule has 0 saturated heterocycles. The highest BCUT2D eigenvalue weighted by Gasteiger charge is 2.45. The molecule has 0 spiro atoms. The Hall–Kier alpha value is -3.99. The summed E-state index contributed by atoms with van der Waals surface area (Å²) in [7, 11) is 0. The lowest BCUT2D eigenvalue weighted by molar-refractivity contribution is -0.119. The molecule has 5 heteroatoms. The van der Waals surface area contributed by atoms with Gasteiger partial charge in [-0.25, -0.2) is 0 Å². The molecular weight excluding hydrogens is 548 g/mol. The lowest BCUT2D eigenvalue weighted by atomic mass is 9.65. The van der Waals surface area contributed by atoms with E-state index in [4.69, 9.17) is 0 Å². The zero-order valence-corrected chi connectivity index (χ0v) is 25.8. The van der Waals surface area contributed by atoms with Crippen molar-refractivity contribution in [3.63, 3.8) is 0 Å². The number of aromatic hydroxyl groups is 2. The van der Waals surface area contributed by atoms with Crippen molar-refractivity contribution in [1.29, 1.82) is 0 Å². The van der Waals surface area contributed by atoms with Crippen molar-refractivity contribution < 1.29 is 24.6 Å². The van der Waals surface area contributed by atoms with Gasteiger partial charge in [-0.2, -0.15) is 0 Å². The predicted molar refractivity (Wildman–Crippen MR) is 172 cm³/mol. The van der Waals surface area contributed by atoms with Crippen LogP contribution in [0.15, 0.2) is 36.4 Å². The average Bonchev–Trinajstić information content (AvgIpc) is 3.89. The molecule has 4 unspecified atom stereocenters. The summed E-state index contributed by atoms with van der Waals surface area (Å²) in [5.41, 5.74) is 6.55. The van der Waals surface area contributed by atoms with E-state index in [0.29, 0.717) is 30.1 Å². The maximum atomic E-state index is 14.3. The number of fused-ring (bicyclic) bond motifs is 4. The molecule has 224 valence electrons. The van der Waals surface area contributed by atoms with Crippen LogP contribution >= 0.6 is 0 Å². The zero-order chi connectivity index (χ0) is 30.8. The Labute approximate surface area is 257 Å². The van der Waals surface area contributed by atoms with Gasteiger partial charge in [-0.1, -0.05) is 51.1 Å². The number of rotatable bonds is 4. The van der Waals surface area contributed by atoms with E-state index in [0.717, 1.165) is 69.8 Å². The number of ketones is 3. The number of carbonyl (C=O) groups is 3. The molecule has 4 atom stereocenters. The van der Waals surface area contributed by atoms with E-state index >= 15 is 0 Å². The minimum atomic E-state index is -0.479. The standard InChI is InChI=1S/C39H38O5/c1-17-15-28(43)37-30(19(17)3)34(25-9-6-10-26(41)33(25)39(37)44)35-24-8-5-7-23(21-11-12-21)32(24)31(22-13-14-22)36-27(42)16-18(2)29(20(4)40)38(35)36/h5-10,17-19,21-22,29,41,44H,11-16H2,1-4H3. The summed E-state index contributed by atoms with van der Waals surface area (Å²) in [6.07, 6.45) is 4.92. The second-order valence-electron chi connectivity index (χ2n) is 14.2. The van der Waals surface area contributed by atoms with E-state index in [1.807, 2.05) is 13.0 Å². The largest absolute Gasteiger partial charge is 0.507 e. The van der Waals surface area contributed by atoms with Crippen LogP contribution in [0.4, 0.5) is 0 Å². The zero-order valence-electron chi connectivity index (χ0n) is 25.8. The molecule has 2 saturated carbocycles. The molecular formula is C39H38O5. The summed E-state index contributed by atoms with van der Waals surface area (Å²) in [6, 6.07) is 11.7. The molecule has 4 aliphatic carbocycles. The quantitative estimate of drug-likeness (QED) is 0.249. The van der Waals surface area contributed by atoms with Crippen molar-refractivity contribution in [3.8, 4) is 22.6 Å². The second-order valence-corrected chi connectivity index (χ2v) is 14.2. The Morgan fingerprint density at radius 3 is 1.93 bits per heavy atom. The van der Waals surface area contributed by atoms with Gasteiger partial charge < -0.3 is 10.2 Å². The Morgan fingerprint density at radius 2 is 1.27 bits per heavy atom. The maximum absolute atomic E-state index is 14.3. The molecule has 2 N–H and O–H groups in total. The molecule has 0 aromatic heterocycles. The molecule has 44 heavy (non-hydrogen) atoms. The average molecular weight is 587 g/mol. The highest BCUT2D eigenvalue weighted by atomic mass is 16.3. The summed E-state index contributed by atoms with van der Waals surface area (Å²) < 4.78 is 0. The third kappa shape index (κ3) is 3.74. The number of phenols is 2. The fraction of sp³-hybridized carbons (Fsp3) is 0.410. The summed E-state index contributed by atoms with van der Waals surface area (Å²) in [5.74, 6) is -0.262. The first kappa shape index (κ1) is 27.6. The fourth-order valence-corrected chi connectivity index (χ4v) is 8.80. The minimum absolute atomic E-state index is 0.0296. The van der Waals surface area contributed by atoms with E-state index in [9.17, 15) is 24.6 Å². The van der Waals surface area contributed by atoms with Crippen LogP contribution in [0, 0.1) is 11.8 Å². The maximum Gasteiger partial charge on any atom is 0.167 e. The fourth-order valence-electron chi connectivity index (χ4n) is 8.80. The van der Waals surface area contributed by atoms with E-state index in [1.54, 1.807) is 13.0 Å². The van der Waals surface area contributed by atoms with Crippen molar-refractivity contribution in [2.24, 2.45) is 11.8 Å². The molecule has 0 heterocycles. The van der Waals surface area contributed by atoms with E-state index in [-0.39, 0.29) is 57.6 Å². The van der Waals surface area contributed by atoms with Crippen LogP contribution in [0.5, 0.6) is 11.5 Å². The lowest BCUT2D eigenvalue weighted by Gasteiger charge is -2.37. The molecule has 5 nitrogen and oxygen atoms in total. The number of carbonyl (C=O) groups excluding carboxylic acids is 3. The van der Waals surface area contributed by atoms with Gasteiger partial charge in [0.05, 0.1) is 10.9 Å². The molecule has 0 aliphatic heterocycles. The van der Waals surface area contributed by atoms with Crippen molar-refractivity contribution in [2.75, 3.05) is 0 Å². The topological polar surface area (TPSA) is 91.7 Å². The van der Waals surface area contributed by atoms with Crippen LogP contribution in [0.3, 0.4) is 0 Å². The normalized spacial score (nSPS) is 24.9. The van der Waals surface area contributed by atoms with Crippen molar-refractivity contribution in [2.45, 2.75) is 89.9 Å². The first-order valence-corrected chi connectivity index (χ1v) is 16.3. The third-order valence-corrected chi connectivity index (χ3v) is 11.2. The van der Waals surface area contributed by atoms with Crippen LogP contribution in [0.25, 0.3) is 32.7 Å². The van der Waals surface area contributed by atoms with Crippen molar-refractivity contribution >= 4 is 38.9 Å². The van der Waals surface area contributed by atoms with Crippen LogP contribution in [-0.2, 0) is 4.79 Å². The number of Topliss-reactive ketones (excluding diaryl/α,β-unsaturated/α-hetero) is 3. The minimum Gasteiger partial charge on any atom is -0.507 e. The van der Waals surface area contributed by atoms with Gasteiger partial charge in [-0.15, -0.1) is 0 Å². The van der Waals surface area contributed by atoms with Gasteiger partial charge in [0.15, 0.2) is 11.6 Å². The van der Waals surface area contributed by atoms with E-state index < -0.39 is 5.92 Å². The van der Waals surface area contributed by atoms with Gasteiger partial charge >= 0.3 is 0 Å². The summed E-state index contributed by atoms with van der Waals surface area (Å²) >= 11 is 0. The van der Waals surface area contributed by atoms with E-state index in [1.165, 1.54) is 11.6 Å². The van der Waals surface area contributed by atoms with E-state index in [2.05, 4.69) is 32.0 Å². The SMILES string of the molecule is CC(=O)C1c2c(c(C3CC3)c3c(C4CC4)cccc3c2-c2c3c(c(O)c4c(O)cccc24)C(=O)CC(C)C3C)C(=O)CC1C. The molecule has 4 aliphatic rings. The van der Waals surface area contributed by atoms with Crippen LogP contribution in [0.1, 0.15) is 133 Å². The number of hydrogen-bond acceptors (Lipinski definition) is 5. The van der Waals surface area contributed by atoms with Crippen LogP contribution < -0.4 is 0 Å².